The first kappa shape index (κ1) is 18.3. The molecule has 0 unspecified atom stereocenters. The Balaban J connectivity index is 1.89. The number of rotatable bonds is 5. The first-order valence-corrected chi connectivity index (χ1v) is 8.31. The van der Waals surface area contributed by atoms with Crippen molar-refractivity contribution in [1.29, 1.82) is 0 Å². The third-order valence-corrected chi connectivity index (χ3v) is 4.38. The Bertz CT molecular complexity index is 767. The number of halogens is 2. The summed E-state index contributed by atoms with van der Waals surface area (Å²) in [4.78, 5) is 23.9. The summed E-state index contributed by atoms with van der Waals surface area (Å²) in [5.74, 6) is -1.03. The molecule has 0 saturated carbocycles. The van der Waals surface area contributed by atoms with Gasteiger partial charge in [-0.2, -0.15) is 0 Å². The van der Waals surface area contributed by atoms with E-state index in [0.717, 1.165) is 10.0 Å². The fraction of sp³-hybridized carbons (Fsp3) is 0.176. The van der Waals surface area contributed by atoms with Crippen LogP contribution in [0.1, 0.15) is 28.9 Å². The molecule has 2 aromatic carbocycles. The zero-order chi connectivity index (χ0) is 17.7. The van der Waals surface area contributed by atoms with Crippen molar-refractivity contribution in [3.8, 4) is 0 Å². The molecule has 0 aromatic heterocycles. The Morgan fingerprint density at radius 2 is 2.00 bits per heavy atom. The lowest BCUT2D eigenvalue weighted by Gasteiger charge is -2.16. The second kappa shape index (κ2) is 8.17. The van der Waals surface area contributed by atoms with Gasteiger partial charge in [0.15, 0.2) is 6.61 Å². The van der Waals surface area contributed by atoms with E-state index < -0.39 is 11.9 Å². The molecule has 1 atom stereocenters. The van der Waals surface area contributed by atoms with Crippen LogP contribution in [-0.4, -0.2) is 18.5 Å². The first-order valence-electron chi connectivity index (χ1n) is 7.14. The van der Waals surface area contributed by atoms with Crippen LogP contribution in [0.2, 0.25) is 5.02 Å². The summed E-state index contributed by atoms with van der Waals surface area (Å²) in [5.41, 5.74) is 7.08. The number of amides is 1. The van der Waals surface area contributed by atoms with Gasteiger partial charge in [-0.05, 0) is 36.8 Å². The number of esters is 1. The number of carbonyl (C=O) groups is 2. The summed E-state index contributed by atoms with van der Waals surface area (Å²) in [6.07, 6.45) is 0. The quantitative estimate of drug-likeness (QED) is 0.580. The smallest absolute Gasteiger partial charge is 0.338 e. The molecule has 0 bridgehead atoms. The van der Waals surface area contributed by atoms with Crippen LogP contribution in [0.5, 0.6) is 0 Å². The molecule has 0 aliphatic heterocycles. The number of nitrogen functional groups attached to an aromatic ring is 1. The van der Waals surface area contributed by atoms with Gasteiger partial charge in [0.05, 0.1) is 22.3 Å². The molecule has 0 spiro atoms. The molecule has 5 nitrogen and oxygen atoms in total. The van der Waals surface area contributed by atoms with Gasteiger partial charge in [-0.3, -0.25) is 4.79 Å². The molecular formula is C17H16BrClN2O3. The van der Waals surface area contributed by atoms with E-state index in [1.54, 1.807) is 0 Å². The maximum absolute atomic E-state index is 11.9. The Morgan fingerprint density at radius 1 is 1.29 bits per heavy atom. The average Bonchev–Trinajstić information content (AvgIpc) is 2.55. The number of carbonyl (C=O) groups excluding carboxylic acids is 2. The van der Waals surface area contributed by atoms with Gasteiger partial charge in [-0.25, -0.2) is 4.79 Å². The second-order valence-electron chi connectivity index (χ2n) is 5.12. The minimum absolute atomic E-state index is 0.224. The van der Waals surface area contributed by atoms with E-state index in [9.17, 15) is 9.59 Å². The number of nitrogens with one attached hydrogen (secondary N) is 1. The molecule has 0 fully saturated rings. The first-order chi connectivity index (χ1) is 11.4. The van der Waals surface area contributed by atoms with Gasteiger partial charge in [0.2, 0.25) is 0 Å². The highest BCUT2D eigenvalue weighted by molar-refractivity contribution is 9.10. The molecule has 126 valence electrons. The Morgan fingerprint density at radius 3 is 2.67 bits per heavy atom. The fourth-order valence-electron chi connectivity index (χ4n) is 2.07. The van der Waals surface area contributed by atoms with Gasteiger partial charge >= 0.3 is 5.97 Å². The standard InChI is InChI=1S/C17H16BrClN2O3/c1-10(12-4-2-3-5-13(12)18)21-16(22)9-24-17(23)11-6-7-14(19)15(20)8-11/h2-8,10H,9,20H2,1H3,(H,21,22)/t10-/m0/s1. The van der Waals surface area contributed by atoms with E-state index in [1.807, 2.05) is 31.2 Å². The van der Waals surface area contributed by atoms with Gasteiger partial charge in [-0.15, -0.1) is 0 Å². The van der Waals surface area contributed by atoms with Crippen molar-refractivity contribution in [2.75, 3.05) is 12.3 Å². The molecule has 0 radical (unpaired) electrons. The van der Waals surface area contributed by atoms with Crippen LogP contribution < -0.4 is 11.1 Å². The molecule has 7 heteroatoms. The van der Waals surface area contributed by atoms with E-state index in [0.29, 0.717) is 5.02 Å². The van der Waals surface area contributed by atoms with Gasteiger partial charge < -0.3 is 15.8 Å². The summed E-state index contributed by atoms with van der Waals surface area (Å²) >= 11 is 9.23. The van der Waals surface area contributed by atoms with Crippen LogP contribution in [0.25, 0.3) is 0 Å². The van der Waals surface area contributed by atoms with Crippen molar-refractivity contribution in [2.45, 2.75) is 13.0 Å². The summed E-state index contributed by atoms with van der Waals surface area (Å²) < 4.78 is 5.89. The zero-order valence-corrected chi connectivity index (χ0v) is 15.2. The second-order valence-corrected chi connectivity index (χ2v) is 6.38. The lowest BCUT2D eigenvalue weighted by atomic mass is 10.1. The highest BCUT2D eigenvalue weighted by Gasteiger charge is 2.15. The van der Waals surface area contributed by atoms with Crippen LogP contribution >= 0.6 is 27.5 Å². The van der Waals surface area contributed by atoms with E-state index in [-0.39, 0.29) is 23.9 Å². The third kappa shape index (κ3) is 4.72. The lowest BCUT2D eigenvalue weighted by molar-refractivity contribution is -0.124. The van der Waals surface area contributed by atoms with Crippen LogP contribution in [0.15, 0.2) is 46.9 Å². The Labute approximate surface area is 153 Å². The number of ether oxygens (including phenoxy) is 1. The van der Waals surface area contributed by atoms with Crippen LogP contribution in [0.4, 0.5) is 5.69 Å². The maximum Gasteiger partial charge on any atom is 0.338 e. The average molecular weight is 412 g/mol. The predicted molar refractivity (Wildman–Crippen MR) is 96.8 cm³/mol. The fourth-order valence-corrected chi connectivity index (χ4v) is 2.82. The number of benzene rings is 2. The molecule has 2 rings (SSSR count). The Kier molecular flexibility index (Phi) is 6.23. The number of hydrogen-bond acceptors (Lipinski definition) is 4. The molecule has 0 aliphatic carbocycles. The molecular weight excluding hydrogens is 396 g/mol. The van der Waals surface area contributed by atoms with E-state index >= 15 is 0 Å². The van der Waals surface area contributed by atoms with Crippen molar-refractivity contribution in [2.24, 2.45) is 0 Å². The van der Waals surface area contributed by atoms with Gasteiger partial charge in [0, 0.05) is 4.47 Å². The van der Waals surface area contributed by atoms with Crippen LogP contribution in [-0.2, 0) is 9.53 Å². The zero-order valence-electron chi connectivity index (χ0n) is 12.9. The van der Waals surface area contributed by atoms with Gasteiger partial charge in [0.25, 0.3) is 5.91 Å². The number of anilines is 1. The van der Waals surface area contributed by atoms with Crippen LogP contribution in [0.3, 0.4) is 0 Å². The summed E-state index contributed by atoms with van der Waals surface area (Å²) in [5, 5.41) is 3.13. The third-order valence-electron chi connectivity index (χ3n) is 3.32. The van der Waals surface area contributed by atoms with Crippen molar-refractivity contribution < 1.29 is 14.3 Å². The highest BCUT2D eigenvalue weighted by Crippen LogP contribution is 2.22. The van der Waals surface area contributed by atoms with Crippen molar-refractivity contribution in [3.63, 3.8) is 0 Å². The monoisotopic (exact) mass is 410 g/mol. The molecule has 24 heavy (non-hydrogen) atoms. The normalized spacial score (nSPS) is 11.6. The highest BCUT2D eigenvalue weighted by atomic mass is 79.9. The molecule has 0 aliphatic rings. The Hall–Kier alpha value is -2.05. The topological polar surface area (TPSA) is 81.4 Å². The lowest BCUT2D eigenvalue weighted by Crippen LogP contribution is -2.31. The SMILES string of the molecule is C[C@H](NC(=O)COC(=O)c1ccc(Cl)c(N)c1)c1ccccc1Br. The molecule has 0 saturated heterocycles. The minimum Gasteiger partial charge on any atom is -0.452 e. The van der Waals surface area contributed by atoms with Crippen molar-refractivity contribution >= 4 is 45.1 Å². The summed E-state index contributed by atoms with van der Waals surface area (Å²) in [6, 6.07) is 11.7. The molecule has 0 heterocycles. The summed E-state index contributed by atoms with van der Waals surface area (Å²) in [6.45, 7) is 1.47. The van der Waals surface area contributed by atoms with Gasteiger partial charge in [0.1, 0.15) is 0 Å². The van der Waals surface area contributed by atoms with E-state index in [1.165, 1.54) is 18.2 Å². The summed E-state index contributed by atoms with van der Waals surface area (Å²) in [7, 11) is 0. The molecule has 2 aromatic rings. The van der Waals surface area contributed by atoms with Crippen molar-refractivity contribution in [1.82, 2.24) is 5.32 Å². The number of hydrogen-bond donors (Lipinski definition) is 2. The van der Waals surface area contributed by atoms with E-state index in [4.69, 9.17) is 22.1 Å². The largest absolute Gasteiger partial charge is 0.452 e. The number of nitrogens with two attached hydrogens (primary N) is 1. The predicted octanol–water partition coefficient (Wildman–Crippen LogP) is 3.72. The maximum atomic E-state index is 11.9. The van der Waals surface area contributed by atoms with Crippen molar-refractivity contribution in [3.05, 3.63) is 63.1 Å². The van der Waals surface area contributed by atoms with Crippen LogP contribution in [0, 0.1) is 0 Å². The van der Waals surface area contributed by atoms with E-state index in [2.05, 4.69) is 21.2 Å². The minimum atomic E-state index is -0.637. The van der Waals surface area contributed by atoms with Gasteiger partial charge in [-0.1, -0.05) is 45.7 Å². The molecule has 3 N–H and O–H groups in total. The molecule has 1 amide bonds.